The van der Waals surface area contributed by atoms with Gasteiger partial charge in [0, 0.05) is 5.02 Å². The number of hydrogen-bond donors (Lipinski definition) is 1. The summed E-state index contributed by atoms with van der Waals surface area (Å²) in [5.41, 5.74) is 1.56. The molecular weight excluding hydrogens is 216 g/mol. The van der Waals surface area contributed by atoms with Crippen LogP contribution in [0.1, 0.15) is 23.7 Å². The summed E-state index contributed by atoms with van der Waals surface area (Å²) < 4.78 is 4.46. The topological polar surface area (TPSA) is 46.5 Å². The lowest BCUT2D eigenvalue weighted by molar-refractivity contribution is -0.142. The van der Waals surface area contributed by atoms with Crippen LogP contribution in [0, 0.1) is 6.92 Å². The third-order valence-corrected chi connectivity index (χ3v) is 2.43. The summed E-state index contributed by atoms with van der Waals surface area (Å²) in [7, 11) is 1.28. The second-order valence-electron chi connectivity index (χ2n) is 3.32. The van der Waals surface area contributed by atoms with E-state index in [9.17, 15) is 9.90 Å². The molecule has 0 spiro atoms. The van der Waals surface area contributed by atoms with E-state index in [1.807, 2.05) is 13.0 Å². The number of carbonyl (C=O) groups excluding carboxylic acids is 1. The lowest BCUT2D eigenvalue weighted by Gasteiger charge is -2.11. The minimum absolute atomic E-state index is 0.0840. The Hall–Kier alpha value is -1.06. The molecule has 1 N–H and O–H groups in total. The summed E-state index contributed by atoms with van der Waals surface area (Å²) in [6, 6.07) is 5.30. The Balaban J connectivity index is 2.82. The molecule has 1 rings (SSSR count). The molecule has 0 fully saturated rings. The number of halogens is 1. The van der Waals surface area contributed by atoms with Gasteiger partial charge in [-0.1, -0.05) is 23.7 Å². The highest BCUT2D eigenvalue weighted by Crippen LogP contribution is 2.26. The predicted octanol–water partition coefficient (Wildman–Crippen LogP) is 2.24. The number of esters is 1. The first-order valence-electron chi connectivity index (χ1n) is 4.55. The van der Waals surface area contributed by atoms with E-state index in [-0.39, 0.29) is 6.42 Å². The molecule has 0 heterocycles. The zero-order valence-electron chi connectivity index (χ0n) is 8.66. The molecule has 4 heteroatoms. The van der Waals surface area contributed by atoms with Crippen LogP contribution >= 0.6 is 11.6 Å². The van der Waals surface area contributed by atoms with Gasteiger partial charge in [-0.2, -0.15) is 0 Å². The van der Waals surface area contributed by atoms with Crippen molar-refractivity contribution in [3.63, 3.8) is 0 Å². The average Bonchev–Trinajstić information content (AvgIpc) is 2.17. The van der Waals surface area contributed by atoms with Gasteiger partial charge in [0.1, 0.15) is 0 Å². The van der Waals surface area contributed by atoms with E-state index in [0.29, 0.717) is 10.6 Å². The number of aliphatic hydroxyl groups excluding tert-OH is 1. The molecule has 1 atom stereocenters. The van der Waals surface area contributed by atoms with E-state index in [4.69, 9.17) is 11.6 Å². The van der Waals surface area contributed by atoms with Crippen LogP contribution in [0.25, 0.3) is 0 Å². The highest BCUT2D eigenvalue weighted by Gasteiger charge is 2.15. The number of rotatable bonds is 3. The average molecular weight is 229 g/mol. The van der Waals surface area contributed by atoms with Crippen molar-refractivity contribution in [3.05, 3.63) is 34.3 Å². The molecule has 0 aliphatic heterocycles. The van der Waals surface area contributed by atoms with Gasteiger partial charge in [0.15, 0.2) is 0 Å². The standard InChI is InChI=1S/C11H13ClO3/c1-7-3-4-8(9(12)5-7)10(13)6-11(14)15-2/h3-5,10,13H,6H2,1-2H3/t10-/m0/s1. The van der Waals surface area contributed by atoms with Crippen LogP contribution in [0.15, 0.2) is 18.2 Å². The minimum atomic E-state index is -0.912. The summed E-state index contributed by atoms with van der Waals surface area (Å²) >= 11 is 5.94. The fourth-order valence-corrected chi connectivity index (χ4v) is 1.61. The molecule has 0 unspecified atom stereocenters. The van der Waals surface area contributed by atoms with Gasteiger partial charge in [0.25, 0.3) is 0 Å². The zero-order valence-corrected chi connectivity index (χ0v) is 9.41. The molecule has 0 aliphatic rings. The van der Waals surface area contributed by atoms with Gasteiger partial charge in [-0.05, 0) is 24.1 Å². The van der Waals surface area contributed by atoms with Gasteiger partial charge in [-0.15, -0.1) is 0 Å². The van der Waals surface area contributed by atoms with Crippen molar-refractivity contribution in [3.8, 4) is 0 Å². The summed E-state index contributed by atoms with van der Waals surface area (Å²) in [6.45, 7) is 1.91. The van der Waals surface area contributed by atoms with Crippen LogP contribution < -0.4 is 0 Å². The van der Waals surface area contributed by atoms with Gasteiger partial charge in [-0.3, -0.25) is 4.79 Å². The van der Waals surface area contributed by atoms with Crippen molar-refractivity contribution < 1.29 is 14.6 Å². The van der Waals surface area contributed by atoms with Crippen molar-refractivity contribution in [2.75, 3.05) is 7.11 Å². The number of aryl methyl sites for hydroxylation is 1. The van der Waals surface area contributed by atoms with Crippen LogP contribution in [-0.4, -0.2) is 18.2 Å². The Morgan fingerprint density at radius 3 is 2.80 bits per heavy atom. The van der Waals surface area contributed by atoms with Crippen molar-refractivity contribution in [1.82, 2.24) is 0 Å². The van der Waals surface area contributed by atoms with E-state index < -0.39 is 12.1 Å². The molecule has 0 bridgehead atoms. The Morgan fingerprint density at radius 2 is 2.27 bits per heavy atom. The molecule has 0 amide bonds. The van der Waals surface area contributed by atoms with Crippen LogP contribution in [0.5, 0.6) is 0 Å². The highest BCUT2D eigenvalue weighted by atomic mass is 35.5. The largest absolute Gasteiger partial charge is 0.469 e. The molecule has 0 aromatic heterocycles. The van der Waals surface area contributed by atoms with Gasteiger partial charge in [0.2, 0.25) is 0 Å². The van der Waals surface area contributed by atoms with Crippen molar-refractivity contribution in [1.29, 1.82) is 0 Å². The molecule has 3 nitrogen and oxygen atoms in total. The fourth-order valence-electron chi connectivity index (χ4n) is 1.25. The van der Waals surface area contributed by atoms with Crippen LogP contribution in [0.2, 0.25) is 5.02 Å². The van der Waals surface area contributed by atoms with Crippen LogP contribution in [0.3, 0.4) is 0 Å². The normalized spacial score (nSPS) is 12.3. The van der Waals surface area contributed by atoms with Crippen LogP contribution in [-0.2, 0) is 9.53 Å². The number of ether oxygens (including phenoxy) is 1. The summed E-state index contributed by atoms with van der Waals surface area (Å²) in [5.74, 6) is -0.459. The fraction of sp³-hybridized carbons (Fsp3) is 0.364. The third kappa shape index (κ3) is 3.22. The maximum atomic E-state index is 10.9. The highest BCUT2D eigenvalue weighted by molar-refractivity contribution is 6.31. The monoisotopic (exact) mass is 228 g/mol. The Bertz CT molecular complexity index is 363. The predicted molar refractivity (Wildman–Crippen MR) is 57.8 cm³/mol. The molecule has 1 aromatic rings. The molecule has 1 aromatic carbocycles. The number of benzene rings is 1. The first-order chi connectivity index (χ1) is 7.04. The number of aliphatic hydroxyl groups is 1. The van der Waals surface area contributed by atoms with Gasteiger partial charge in [-0.25, -0.2) is 0 Å². The van der Waals surface area contributed by atoms with E-state index in [2.05, 4.69) is 4.74 Å². The molecule has 0 aliphatic carbocycles. The maximum absolute atomic E-state index is 10.9. The zero-order chi connectivity index (χ0) is 11.4. The Labute approximate surface area is 93.6 Å². The smallest absolute Gasteiger partial charge is 0.308 e. The first-order valence-corrected chi connectivity index (χ1v) is 4.93. The van der Waals surface area contributed by atoms with Gasteiger partial charge in [0.05, 0.1) is 19.6 Å². The molecule has 0 saturated heterocycles. The second-order valence-corrected chi connectivity index (χ2v) is 3.73. The first kappa shape index (κ1) is 12.0. The summed E-state index contributed by atoms with van der Waals surface area (Å²) in [6.07, 6.45) is -0.996. The Morgan fingerprint density at radius 1 is 1.60 bits per heavy atom. The number of methoxy groups -OCH3 is 1. The van der Waals surface area contributed by atoms with E-state index in [1.165, 1.54) is 7.11 Å². The summed E-state index contributed by atoms with van der Waals surface area (Å²) in [4.78, 5) is 10.9. The quantitative estimate of drug-likeness (QED) is 0.808. The lowest BCUT2D eigenvalue weighted by Crippen LogP contribution is -2.08. The van der Waals surface area contributed by atoms with Gasteiger partial charge < -0.3 is 9.84 Å². The second kappa shape index (κ2) is 5.14. The minimum Gasteiger partial charge on any atom is -0.469 e. The van der Waals surface area contributed by atoms with E-state index in [0.717, 1.165) is 5.56 Å². The Kier molecular flexibility index (Phi) is 4.12. The van der Waals surface area contributed by atoms with Crippen molar-refractivity contribution in [2.24, 2.45) is 0 Å². The lowest BCUT2D eigenvalue weighted by atomic mass is 10.1. The van der Waals surface area contributed by atoms with E-state index in [1.54, 1.807) is 12.1 Å². The third-order valence-electron chi connectivity index (χ3n) is 2.10. The van der Waals surface area contributed by atoms with E-state index >= 15 is 0 Å². The number of hydrogen-bond acceptors (Lipinski definition) is 3. The molecule has 82 valence electrons. The van der Waals surface area contributed by atoms with Crippen molar-refractivity contribution in [2.45, 2.75) is 19.4 Å². The maximum Gasteiger partial charge on any atom is 0.308 e. The summed E-state index contributed by atoms with van der Waals surface area (Å²) in [5, 5.41) is 10.2. The van der Waals surface area contributed by atoms with Crippen molar-refractivity contribution >= 4 is 17.6 Å². The molecular formula is C11H13ClO3. The molecule has 0 saturated carbocycles. The van der Waals surface area contributed by atoms with Gasteiger partial charge >= 0.3 is 5.97 Å². The number of carbonyl (C=O) groups is 1. The molecule has 0 radical (unpaired) electrons. The SMILES string of the molecule is COC(=O)C[C@H](O)c1ccc(C)cc1Cl. The molecule has 15 heavy (non-hydrogen) atoms. The van der Waals surface area contributed by atoms with Crippen LogP contribution in [0.4, 0.5) is 0 Å².